The van der Waals surface area contributed by atoms with E-state index in [0.717, 1.165) is 0 Å². The molecule has 3 rings (SSSR count). The molecular formula is C13H15N5O3. The van der Waals surface area contributed by atoms with E-state index in [1.54, 1.807) is 7.05 Å². The van der Waals surface area contributed by atoms with Crippen LogP contribution >= 0.6 is 0 Å². The Kier molecular flexibility index (Phi) is 3.35. The van der Waals surface area contributed by atoms with Gasteiger partial charge in [-0.1, -0.05) is 12.1 Å². The fourth-order valence-corrected chi connectivity index (χ4v) is 2.09. The number of nitrogens with one attached hydrogen (secondary N) is 1. The molecule has 1 atom stereocenters. The number of nitrogens with zero attached hydrogens (tertiary/aromatic N) is 3. The van der Waals surface area contributed by atoms with Crippen LogP contribution in [0.4, 0.5) is 5.95 Å². The number of fused-ring (bicyclic) bond motifs is 1. The number of ether oxygens (including phenoxy) is 2. The number of carbonyl (C=O) groups is 1. The van der Waals surface area contributed by atoms with Gasteiger partial charge in [-0.25, -0.2) is 0 Å². The topological polar surface area (TPSA) is 106 Å². The number of likely N-dealkylation sites (N-methyl/N-ethyl adjacent to an activating group) is 1. The first-order valence-corrected chi connectivity index (χ1v) is 6.45. The van der Waals surface area contributed by atoms with Gasteiger partial charge in [-0.2, -0.15) is 4.98 Å². The molecule has 110 valence electrons. The average molecular weight is 289 g/mol. The molecule has 1 aromatic carbocycles. The van der Waals surface area contributed by atoms with Crippen molar-refractivity contribution in [2.75, 3.05) is 25.9 Å². The summed E-state index contributed by atoms with van der Waals surface area (Å²) >= 11 is 0. The zero-order valence-corrected chi connectivity index (χ0v) is 11.4. The number of para-hydroxylation sites is 2. The number of rotatable bonds is 3. The highest BCUT2D eigenvalue weighted by Gasteiger charge is 2.25. The van der Waals surface area contributed by atoms with Crippen molar-refractivity contribution in [2.45, 2.75) is 6.10 Å². The Morgan fingerprint density at radius 1 is 1.48 bits per heavy atom. The van der Waals surface area contributed by atoms with Crippen LogP contribution in [0.25, 0.3) is 0 Å². The Morgan fingerprint density at radius 2 is 2.24 bits per heavy atom. The number of aromatic amines is 1. The van der Waals surface area contributed by atoms with Gasteiger partial charge >= 0.3 is 0 Å². The summed E-state index contributed by atoms with van der Waals surface area (Å²) in [5.41, 5.74) is 5.38. The molecule has 1 unspecified atom stereocenters. The number of aromatic nitrogens is 3. The molecule has 0 spiro atoms. The quantitative estimate of drug-likeness (QED) is 0.841. The van der Waals surface area contributed by atoms with Gasteiger partial charge in [0.25, 0.3) is 5.91 Å². The molecule has 1 aliphatic heterocycles. The molecule has 0 bridgehead atoms. The fourth-order valence-electron chi connectivity index (χ4n) is 2.09. The number of amides is 1. The van der Waals surface area contributed by atoms with Crippen LogP contribution in [0.15, 0.2) is 24.3 Å². The van der Waals surface area contributed by atoms with Gasteiger partial charge in [-0.15, -0.1) is 5.10 Å². The number of benzene rings is 1. The molecule has 0 fully saturated rings. The molecule has 8 nitrogen and oxygen atoms in total. The molecule has 0 aliphatic carbocycles. The molecule has 3 N–H and O–H groups in total. The maximum absolute atomic E-state index is 12.1. The van der Waals surface area contributed by atoms with Crippen molar-refractivity contribution in [3.8, 4) is 11.5 Å². The van der Waals surface area contributed by atoms with Crippen molar-refractivity contribution in [1.82, 2.24) is 20.1 Å². The van der Waals surface area contributed by atoms with Gasteiger partial charge in [0.15, 0.2) is 17.6 Å². The maximum atomic E-state index is 12.1. The van der Waals surface area contributed by atoms with E-state index in [-0.39, 0.29) is 23.8 Å². The van der Waals surface area contributed by atoms with E-state index >= 15 is 0 Å². The van der Waals surface area contributed by atoms with E-state index in [4.69, 9.17) is 15.2 Å². The molecule has 2 aromatic rings. The lowest BCUT2D eigenvalue weighted by Gasteiger charge is -2.29. The Morgan fingerprint density at radius 3 is 2.95 bits per heavy atom. The minimum atomic E-state index is -0.304. The van der Waals surface area contributed by atoms with Gasteiger partial charge in [0.1, 0.15) is 6.61 Å². The van der Waals surface area contributed by atoms with E-state index in [1.165, 1.54) is 4.90 Å². The third-order valence-corrected chi connectivity index (χ3v) is 3.10. The number of hydrogen-bond donors (Lipinski definition) is 2. The van der Waals surface area contributed by atoms with Crippen LogP contribution in [0.3, 0.4) is 0 Å². The summed E-state index contributed by atoms with van der Waals surface area (Å²) in [5.74, 6) is 1.23. The standard InChI is InChI=1S/C13H15N5O3/c1-18(12(19)11-15-13(14)17-16-11)6-8-7-20-9-4-2-3-5-10(9)21-8/h2-5,8H,6-7H2,1H3,(H3,14,15,16,17). The van der Waals surface area contributed by atoms with Crippen molar-refractivity contribution in [3.63, 3.8) is 0 Å². The van der Waals surface area contributed by atoms with E-state index < -0.39 is 0 Å². The summed E-state index contributed by atoms with van der Waals surface area (Å²) in [4.78, 5) is 17.4. The van der Waals surface area contributed by atoms with E-state index in [9.17, 15) is 4.79 Å². The summed E-state index contributed by atoms with van der Waals surface area (Å²) in [6.07, 6.45) is -0.242. The summed E-state index contributed by atoms with van der Waals surface area (Å²) < 4.78 is 11.4. The predicted molar refractivity (Wildman–Crippen MR) is 74.1 cm³/mol. The molecule has 0 radical (unpaired) electrons. The highest BCUT2D eigenvalue weighted by Crippen LogP contribution is 2.30. The van der Waals surface area contributed by atoms with Gasteiger partial charge in [0.2, 0.25) is 11.8 Å². The predicted octanol–water partition coefficient (Wildman–Crippen LogP) is 0.299. The fraction of sp³-hybridized carbons (Fsp3) is 0.308. The van der Waals surface area contributed by atoms with Gasteiger partial charge < -0.3 is 20.1 Å². The molecule has 2 heterocycles. The second-order valence-electron chi connectivity index (χ2n) is 4.73. The zero-order chi connectivity index (χ0) is 14.8. The lowest BCUT2D eigenvalue weighted by Crippen LogP contribution is -2.42. The molecule has 1 amide bonds. The van der Waals surface area contributed by atoms with Crippen LogP contribution in [0.5, 0.6) is 11.5 Å². The van der Waals surface area contributed by atoms with Crippen LogP contribution in [0, 0.1) is 0 Å². The van der Waals surface area contributed by atoms with E-state index in [2.05, 4.69) is 15.2 Å². The van der Waals surface area contributed by atoms with Crippen molar-refractivity contribution < 1.29 is 14.3 Å². The monoisotopic (exact) mass is 289 g/mol. The largest absolute Gasteiger partial charge is 0.486 e. The number of hydrogen-bond acceptors (Lipinski definition) is 6. The SMILES string of the molecule is CN(CC1COc2ccccc2O1)C(=O)c1nc(N)n[nH]1. The number of nitrogen functional groups attached to an aromatic ring is 1. The Hall–Kier alpha value is -2.77. The number of anilines is 1. The third-order valence-electron chi connectivity index (χ3n) is 3.10. The molecular weight excluding hydrogens is 274 g/mol. The minimum Gasteiger partial charge on any atom is -0.486 e. The lowest BCUT2D eigenvalue weighted by molar-refractivity contribution is 0.0514. The third kappa shape index (κ3) is 2.73. The summed E-state index contributed by atoms with van der Waals surface area (Å²) in [6, 6.07) is 7.43. The van der Waals surface area contributed by atoms with Crippen LogP contribution in [-0.2, 0) is 0 Å². The summed E-state index contributed by atoms with van der Waals surface area (Å²) in [6.45, 7) is 0.751. The highest BCUT2D eigenvalue weighted by atomic mass is 16.6. The van der Waals surface area contributed by atoms with Crippen LogP contribution in [-0.4, -0.2) is 52.3 Å². The molecule has 1 aromatic heterocycles. The second kappa shape index (κ2) is 5.31. The van der Waals surface area contributed by atoms with Gasteiger partial charge in [0, 0.05) is 7.05 Å². The number of nitrogens with two attached hydrogens (primary N) is 1. The Labute approximate surface area is 120 Å². The first-order chi connectivity index (χ1) is 10.1. The van der Waals surface area contributed by atoms with Crippen molar-refractivity contribution in [1.29, 1.82) is 0 Å². The smallest absolute Gasteiger partial charge is 0.291 e. The maximum Gasteiger partial charge on any atom is 0.291 e. The molecule has 0 saturated heterocycles. The number of H-pyrrole nitrogens is 1. The Balaban J connectivity index is 1.63. The van der Waals surface area contributed by atoms with Gasteiger partial charge in [0.05, 0.1) is 6.54 Å². The van der Waals surface area contributed by atoms with Crippen molar-refractivity contribution in [2.24, 2.45) is 0 Å². The normalized spacial score (nSPS) is 16.5. The first-order valence-electron chi connectivity index (χ1n) is 6.45. The summed E-state index contributed by atoms with van der Waals surface area (Å²) in [7, 11) is 1.66. The molecule has 0 saturated carbocycles. The van der Waals surface area contributed by atoms with Crippen LogP contribution < -0.4 is 15.2 Å². The van der Waals surface area contributed by atoms with Gasteiger partial charge in [-0.05, 0) is 12.1 Å². The first kappa shape index (κ1) is 13.2. The minimum absolute atomic E-state index is 0.0397. The summed E-state index contributed by atoms with van der Waals surface area (Å²) in [5, 5.41) is 6.12. The van der Waals surface area contributed by atoms with Crippen LogP contribution in [0.1, 0.15) is 10.6 Å². The van der Waals surface area contributed by atoms with Crippen molar-refractivity contribution >= 4 is 11.9 Å². The highest BCUT2D eigenvalue weighted by molar-refractivity contribution is 5.90. The van der Waals surface area contributed by atoms with Gasteiger partial charge in [-0.3, -0.25) is 9.89 Å². The zero-order valence-electron chi connectivity index (χ0n) is 11.4. The second-order valence-corrected chi connectivity index (χ2v) is 4.73. The Bertz CT molecular complexity index is 657. The van der Waals surface area contributed by atoms with E-state index in [1.807, 2.05) is 24.3 Å². The molecule has 1 aliphatic rings. The average Bonchev–Trinajstić information content (AvgIpc) is 2.93. The van der Waals surface area contributed by atoms with Crippen molar-refractivity contribution in [3.05, 3.63) is 30.1 Å². The molecule has 8 heteroatoms. The molecule has 21 heavy (non-hydrogen) atoms. The lowest BCUT2D eigenvalue weighted by atomic mass is 10.2. The van der Waals surface area contributed by atoms with Crippen LogP contribution in [0.2, 0.25) is 0 Å². The van der Waals surface area contributed by atoms with E-state index in [0.29, 0.717) is 24.7 Å². The number of carbonyl (C=O) groups excluding carboxylic acids is 1.